The number of benzene rings is 1. The maximum Gasteiger partial charge on any atom is 0.276 e. The van der Waals surface area contributed by atoms with Crippen molar-refractivity contribution in [3.05, 3.63) is 82.0 Å². The number of nitrogens with one attached hydrogen (secondary N) is 1. The van der Waals surface area contributed by atoms with Crippen LogP contribution >= 0.6 is 11.6 Å². The minimum Gasteiger partial charge on any atom is -0.318 e. The predicted octanol–water partition coefficient (Wildman–Crippen LogP) is 5.37. The fourth-order valence-electron chi connectivity index (χ4n) is 5.14. The Morgan fingerprint density at radius 3 is 2.66 bits per heavy atom. The molecule has 3 aromatic heterocycles. The summed E-state index contributed by atoms with van der Waals surface area (Å²) in [5, 5.41) is 6.57. The molecule has 41 heavy (non-hydrogen) atoms. The van der Waals surface area contributed by atoms with E-state index in [9.17, 15) is 22.8 Å². The number of rotatable bonds is 7. The first-order chi connectivity index (χ1) is 19.6. The summed E-state index contributed by atoms with van der Waals surface area (Å²) in [6.07, 6.45) is 2.14. The highest BCUT2D eigenvalue weighted by Gasteiger charge is 2.52. The third kappa shape index (κ3) is 5.03. The van der Waals surface area contributed by atoms with E-state index in [1.165, 1.54) is 13.1 Å². The SMILES string of the molecule is Cc1nc(Cn2cc(NC(=O)c3nc(-c4c(C(F)F)ccc(Cl)c4F)cnc3C)cn2)ccc1N1C[C@H]2C[C@H]2C1=O. The van der Waals surface area contributed by atoms with Gasteiger partial charge in [0, 0.05) is 29.8 Å². The molecule has 1 aliphatic carbocycles. The Morgan fingerprint density at radius 1 is 1.15 bits per heavy atom. The van der Waals surface area contributed by atoms with Gasteiger partial charge in [0.1, 0.15) is 5.69 Å². The largest absolute Gasteiger partial charge is 0.318 e. The molecule has 1 saturated heterocycles. The van der Waals surface area contributed by atoms with Crippen LogP contribution in [0.25, 0.3) is 11.3 Å². The lowest BCUT2D eigenvalue weighted by Gasteiger charge is -2.20. The van der Waals surface area contributed by atoms with Gasteiger partial charge in [-0.15, -0.1) is 0 Å². The van der Waals surface area contributed by atoms with Crippen molar-refractivity contribution in [2.24, 2.45) is 11.8 Å². The van der Waals surface area contributed by atoms with Gasteiger partial charge in [-0.25, -0.2) is 18.2 Å². The summed E-state index contributed by atoms with van der Waals surface area (Å²) in [7, 11) is 0. The van der Waals surface area contributed by atoms with Gasteiger partial charge in [0.05, 0.1) is 58.1 Å². The van der Waals surface area contributed by atoms with E-state index in [-0.39, 0.29) is 33.9 Å². The number of halogens is 4. The second-order valence-corrected chi connectivity index (χ2v) is 10.6. The summed E-state index contributed by atoms with van der Waals surface area (Å²) >= 11 is 5.82. The zero-order valence-corrected chi connectivity index (χ0v) is 22.7. The maximum absolute atomic E-state index is 14.8. The van der Waals surface area contributed by atoms with Crippen LogP contribution < -0.4 is 10.2 Å². The molecule has 0 radical (unpaired) electrons. The second-order valence-electron chi connectivity index (χ2n) is 10.2. The average molecular weight is 582 g/mol. The molecule has 1 N–H and O–H groups in total. The maximum atomic E-state index is 14.8. The van der Waals surface area contributed by atoms with Gasteiger partial charge in [-0.05, 0) is 44.4 Å². The van der Waals surface area contributed by atoms with E-state index in [2.05, 4.69) is 25.4 Å². The van der Waals surface area contributed by atoms with Gasteiger partial charge in [0.25, 0.3) is 12.3 Å². The zero-order valence-electron chi connectivity index (χ0n) is 21.9. The van der Waals surface area contributed by atoms with Crippen LogP contribution in [-0.2, 0) is 11.3 Å². The molecule has 0 unspecified atom stereocenters. The summed E-state index contributed by atoms with van der Waals surface area (Å²) in [6.45, 7) is 4.44. The van der Waals surface area contributed by atoms with E-state index in [4.69, 9.17) is 11.6 Å². The van der Waals surface area contributed by atoms with E-state index in [0.29, 0.717) is 18.2 Å². The number of nitrogens with zero attached hydrogens (tertiary/aromatic N) is 6. The number of aryl methyl sites for hydroxylation is 2. The van der Waals surface area contributed by atoms with Crippen LogP contribution in [0.3, 0.4) is 0 Å². The summed E-state index contributed by atoms with van der Waals surface area (Å²) in [4.78, 5) is 40.2. The third-order valence-corrected chi connectivity index (χ3v) is 7.63. The molecule has 13 heteroatoms. The fraction of sp³-hybridized carbons (Fsp3) is 0.286. The molecular formula is C28H23ClF3N7O2. The Kier molecular flexibility index (Phi) is 6.72. The Balaban J connectivity index is 1.18. The van der Waals surface area contributed by atoms with Crippen molar-refractivity contribution in [2.45, 2.75) is 33.2 Å². The molecule has 2 fully saturated rings. The van der Waals surface area contributed by atoms with Crippen molar-refractivity contribution in [1.82, 2.24) is 24.7 Å². The molecule has 210 valence electrons. The van der Waals surface area contributed by atoms with Gasteiger partial charge in [0.2, 0.25) is 5.91 Å². The zero-order chi connectivity index (χ0) is 29.0. The van der Waals surface area contributed by atoms with Gasteiger partial charge in [-0.1, -0.05) is 17.7 Å². The van der Waals surface area contributed by atoms with Crippen LogP contribution in [0.4, 0.5) is 24.5 Å². The van der Waals surface area contributed by atoms with E-state index >= 15 is 0 Å². The summed E-state index contributed by atoms with van der Waals surface area (Å²) in [5.41, 5.74) is 1.30. The second kappa shape index (κ2) is 10.3. The third-order valence-electron chi connectivity index (χ3n) is 7.33. The van der Waals surface area contributed by atoms with E-state index in [1.807, 2.05) is 19.1 Å². The van der Waals surface area contributed by atoms with Gasteiger partial charge in [-0.2, -0.15) is 5.10 Å². The molecule has 0 bridgehead atoms. The lowest BCUT2D eigenvalue weighted by Crippen LogP contribution is -2.28. The van der Waals surface area contributed by atoms with Crippen molar-refractivity contribution < 1.29 is 22.8 Å². The van der Waals surface area contributed by atoms with Crippen LogP contribution in [0.15, 0.2) is 42.9 Å². The highest BCUT2D eigenvalue weighted by molar-refractivity contribution is 6.31. The van der Waals surface area contributed by atoms with Crippen molar-refractivity contribution in [1.29, 1.82) is 0 Å². The fourth-order valence-corrected chi connectivity index (χ4v) is 5.29. The van der Waals surface area contributed by atoms with Crippen molar-refractivity contribution >= 4 is 34.8 Å². The average Bonchev–Trinajstić information content (AvgIpc) is 3.46. The molecule has 6 rings (SSSR count). The normalized spacial score (nSPS) is 17.7. The number of amides is 2. The summed E-state index contributed by atoms with van der Waals surface area (Å²) in [5.74, 6) is -0.959. The lowest BCUT2D eigenvalue weighted by atomic mass is 10.0. The van der Waals surface area contributed by atoms with Crippen LogP contribution in [0.5, 0.6) is 0 Å². The minimum absolute atomic E-state index is 0.164. The molecule has 1 aromatic carbocycles. The van der Waals surface area contributed by atoms with E-state index in [1.54, 1.807) is 15.8 Å². The first-order valence-corrected chi connectivity index (χ1v) is 13.2. The number of pyridine rings is 1. The van der Waals surface area contributed by atoms with Crippen LogP contribution in [0.1, 0.15) is 46.0 Å². The first-order valence-electron chi connectivity index (χ1n) is 12.8. The number of hydrogen-bond donors (Lipinski definition) is 1. The summed E-state index contributed by atoms with van der Waals surface area (Å²) < 4.78 is 43.5. The monoisotopic (exact) mass is 581 g/mol. The van der Waals surface area contributed by atoms with Gasteiger partial charge < -0.3 is 10.2 Å². The highest BCUT2D eigenvalue weighted by atomic mass is 35.5. The van der Waals surface area contributed by atoms with Gasteiger partial charge >= 0.3 is 0 Å². The summed E-state index contributed by atoms with van der Waals surface area (Å²) in [6, 6.07) is 5.78. The minimum atomic E-state index is -2.99. The van der Waals surface area contributed by atoms with Crippen molar-refractivity contribution in [3.63, 3.8) is 0 Å². The molecule has 1 aliphatic heterocycles. The highest BCUT2D eigenvalue weighted by Crippen LogP contribution is 2.47. The number of anilines is 2. The molecule has 2 atom stereocenters. The number of carbonyl (C=O) groups excluding carboxylic acids is 2. The molecular weight excluding hydrogens is 559 g/mol. The molecule has 4 heterocycles. The molecule has 2 aliphatic rings. The molecule has 9 nitrogen and oxygen atoms in total. The Labute approximate surface area is 237 Å². The van der Waals surface area contributed by atoms with Crippen LogP contribution in [0, 0.1) is 31.5 Å². The van der Waals surface area contributed by atoms with Gasteiger partial charge in [0.15, 0.2) is 5.82 Å². The molecule has 4 aromatic rings. The van der Waals surface area contributed by atoms with E-state index in [0.717, 1.165) is 48.4 Å². The number of alkyl halides is 2. The van der Waals surface area contributed by atoms with E-state index < -0.39 is 29.3 Å². The quantitative estimate of drug-likeness (QED) is 0.315. The van der Waals surface area contributed by atoms with Crippen molar-refractivity contribution in [2.75, 3.05) is 16.8 Å². The number of hydrogen-bond acceptors (Lipinski definition) is 6. The Bertz CT molecular complexity index is 1710. The first kappa shape index (κ1) is 26.9. The molecule has 2 amide bonds. The standard InChI is InChI=1S/C28H23ClF3N7O2/c1-13-22(39-10-15-7-19(15)28(39)41)6-3-16(35-13)11-38-12-17(8-34-38)36-27(40)25-14(2)33-9-21(37-25)23-18(26(31)32)4-5-20(29)24(23)30/h3-6,8-9,12,15,19,26H,7,10-11H2,1-2H3,(H,36,40)/t15-,19-/m1/s1. The van der Waals surface area contributed by atoms with Crippen molar-refractivity contribution in [3.8, 4) is 11.3 Å². The lowest BCUT2D eigenvalue weighted by molar-refractivity contribution is -0.118. The number of piperidine rings is 1. The topological polar surface area (TPSA) is 106 Å². The number of carbonyl (C=O) groups is 2. The Hall–Kier alpha value is -4.32. The smallest absolute Gasteiger partial charge is 0.276 e. The number of fused-ring (bicyclic) bond motifs is 1. The van der Waals surface area contributed by atoms with Crippen LogP contribution in [0.2, 0.25) is 5.02 Å². The van der Waals surface area contributed by atoms with Gasteiger partial charge in [-0.3, -0.25) is 24.2 Å². The Morgan fingerprint density at radius 2 is 1.95 bits per heavy atom. The predicted molar refractivity (Wildman–Crippen MR) is 144 cm³/mol. The number of aromatic nitrogens is 5. The molecule has 1 saturated carbocycles. The van der Waals surface area contributed by atoms with Crippen LogP contribution in [-0.4, -0.2) is 43.1 Å². The molecule has 0 spiro atoms.